The number of hydrogen-bond donors (Lipinski definition) is 1. The average Bonchev–Trinajstić information content (AvgIpc) is 3.25. The minimum Gasteiger partial charge on any atom is -0.334 e. The lowest BCUT2D eigenvalue weighted by Crippen LogP contribution is -2.52. The van der Waals surface area contributed by atoms with Crippen LogP contribution in [0.15, 0.2) is 48.5 Å². The number of piperazine rings is 1. The summed E-state index contributed by atoms with van der Waals surface area (Å²) in [5.74, 6) is -0.281. The Bertz CT molecular complexity index is 1080. The molecule has 0 radical (unpaired) electrons. The number of nitrogens with one attached hydrogen (secondary N) is 1. The van der Waals surface area contributed by atoms with Crippen LogP contribution in [0.5, 0.6) is 0 Å². The minimum atomic E-state index is -0.244. The highest BCUT2D eigenvalue weighted by atomic mass is 19.1. The molecule has 0 bridgehead atoms. The van der Waals surface area contributed by atoms with E-state index in [1.807, 2.05) is 4.90 Å². The molecule has 1 unspecified atom stereocenters. The largest absolute Gasteiger partial charge is 0.334 e. The molecule has 2 aromatic carbocycles. The molecule has 2 aliphatic heterocycles. The van der Waals surface area contributed by atoms with Gasteiger partial charge in [-0.25, -0.2) is 4.39 Å². The summed E-state index contributed by atoms with van der Waals surface area (Å²) in [5.41, 5.74) is 5.20. The second-order valence-corrected chi connectivity index (χ2v) is 7.88. The lowest BCUT2D eigenvalue weighted by Gasteiger charge is -2.44. The summed E-state index contributed by atoms with van der Waals surface area (Å²) in [6.45, 7) is 5.03. The number of fused-ring (bicyclic) bond motifs is 3. The van der Waals surface area contributed by atoms with Gasteiger partial charge in [-0.3, -0.25) is 14.8 Å². The van der Waals surface area contributed by atoms with Crippen molar-refractivity contribution in [1.29, 1.82) is 0 Å². The summed E-state index contributed by atoms with van der Waals surface area (Å²) in [6, 6.07) is 15.4. The van der Waals surface area contributed by atoms with Gasteiger partial charge in [-0.05, 0) is 54.3 Å². The monoisotopic (exact) mass is 390 g/mol. The molecule has 6 heteroatoms. The van der Waals surface area contributed by atoms with Crippen LogP contribution in [0.2, 0.25) is 0 Å². The summed E-state index contributed by atoms with van der Waals surface area (Å²) >= 11 is 0. The van der Waals surface area contributed by atoms with Crippen molar-refractivity contribution in [2.24, 2.45) is 0 Å². The lowest BCUT2D eigenvalue weighted by molar-refractivity contribution is 0.0449. The van der Waals surface area contributed by atoms with Crippen LogP contribution >= 0.6 is 0 Å². The molecule has 1 N–H and O–H groups in total. The first kappa shape index (κ1) is 18.1. The second kappa shape index (κ2) is 7.12. The van der Waals surface area contributed by atoms with Crippen molar-refractivity contribution >= 4 is 5.91 Å². The Balaban J connectivity index is 1.37. The molecule has 148 valence electrons. The minimum absolute atomic E-state index is 0.0368. The van der Waals surface area contributed by atoms with Gasteiger partial charge < -0.3 is 4.90 Å². The maximum Gasteiger partial charge on any atom is 0.271 e. The van der Waals surface area contributed by atoms with E-state index < -0.39 is 0 Å². The van der Waals surface area contributed by atoms with E-state index in [1.54, 1.807) is 25.1 Å². The topological polar surface area (TPSA) is 52.2 Å². The molecular weight excluding hydrogens is 367 g/mol. The van der Waals surface area contributed by atoms with Crippen LogP contribution < -0.4 is 0 Å². The molecule has 29 heavy (non-hydrogen) atoms. The predicted molar refractivity (Wildman–Crippen MR) is 109 cm³/mol. The van der Waals surface area contributed by atoms with Crippen molar-refractivity contribution < 1.29 is 9.18 Å². The first-order valence-electron chi connectivity index (χ1n) is 10.0. The molecular formula is C23H23FN4O. The first-order valence-corrected chi connectivity index (χ1v) is 10.0. The maximum absolute atomic E-state index is 13.5. The Kier molecular flexibility index (Phi) is 4.43. The van der Waals surface area contributed by atoms with Crippen LogP contribution in [-0.4, -0.2) is 52.1 Å². The number of nitrogens with zero attached hydrogens (tertiary/aromatic N) is 3. The normalized spacial score (nSPS) is 19.0. The number of aromatic nitrogens is 2. The van der Waals surface area contributed by atoms with E-state index in [0.29, 0.717) is 30.0 Å². The number of hydrogen-bond acceptors (Lipinski definition) is 3. The fraction of sp³-hybridized carbons (Fsp3) is 0.304. The summed E-state index contributed by atoms with van der Waals surface area (Å²) in [5, 5.41) is 7.16. The number of benzene rings is 2. The Morgan fingerprint density at radius 3 is 2.86 bits per heavy atom. The van der Waals surface area contributed by atoms with Crippen molar-refractivity contribution in [3.8, 4) is 11.3 Å². The summed E-state index contributed by atoms with van der Waals surface area (Å²) < 4.78 is 13.5. The molecule has 0 spiro atoms. The Labute approximate surface area is 169 Å². The fourth-order valence-corrected chi connectivity index (χ4v) is 4.47. The van der Waals surface area contributed by atoms with Gasteiger partial charge in [0, 0.05) is 31.7 Å². The zero-order valence-electron chi connectivity index (χ0n) is 16.4. The molecule has 1 aromatic heterocycles. The third-order valence-electron chi connectivity index (χ3n) is 6.12. The fourth-order valence-electron chi connectivity index (χ4n) is 4.47. The number of carbonyl (C=O) groups is 1. The van der Waals surface area contributed by atoms with Gasteiger partial charge in [0.15, 0.2) is 0 Å². The third kappa shape index (κ3) is 3.23. The first-order chi connectivity index (χ1) is 14.1. The van der Waals surface area contributed by atoms with Gasteiger partial charge >= 0.3 is 0 Å². The lowest BCUT2D eigenvalue weighted by atomic mass is 9.91. The van der Waals surface area contributed by atoms with E-state index >= 15 is 0 Å². The number of aromatic amines is 1. The standard InChI is InChI=1S/C23H23FN4O/c1-15-12-17(6-7-19(15)24)20-13-21(26-25-20)23(29)28-11-10-27-9-8-16-4-2-3-5-18(16)22(27)14-28/h2-7,12-13,22H,8-11,14H2,1H3,(H,25,26). The molecule has 3 heterocycles. The quantitative estimate of drug-likeness (QED) is 0.728. The number of amides is 1. The maximum atomic E-state index is 13.5. The van der Waals surface area contributed by atoms with Crippen molar-refractivity contribution in [1.82, 2.24) is 20.0 Å². The number of carbonyl (C=O) groups excluding carboxylic acids is 1. The Hall–Kier alpha value is -2.99. The molecule has 2 aliphatic rings. The third-order valence-corrected chi connectivity index (χ3v) is 6.12. The average molecular weight is 390 g/mol. The molecule has 5 rings (SSSR count). The molecule has 0 aliphatic carbocycles. The smallest absolute Gasteiger partial charge is 0.271 e. The SMILES string of the molecule is Cc1cc(-c2cc(C(=O)N3CCN4CCc5ccccc5C4C3)[nH]n2)ccc1F. The van der Waals surface area contributed by atoms with Crippen LogP contribution in [0.25, 0.3) is 11.3 Å². The Morgan fingerprint density at radius 2 is 2.00 bits per heavy atom. The number of aryl methyl sites for hydroxylation is 1. The van der Waals surface area contributed by atoms with Gasteiger partial charge in [-0.1, -0.05) is 24.3 Å². The highest BCUT2D eigenvalue weighted by Gasteiger charge is 2.34. The second-order valence-electron chi connectivity index (χ2n) is 7.88. The molecule has 1 amide bonds. The zero-order valence-corrected chi connectivity index (χ0v) is 16.4. The van der Waals surface area contributed by atoms with E-state index in [1.165, 1.54) is 17.2 Å². The van der Waals surface area contributed by atoms with E-state index in [4.69, 9.17) is 0 Å². The predicted octanol–water partition coefficient (Wildman–Crippen LogP) is 3.58. The van der Waals surface area contributed by atoms with Crippen LogP contribution in [-0.2, 0) is 6.42 Å². The van der Waals surface area contributed by atoms with E-state index in [2.05, 4.69) is 39.4 Å². The van der Waals surface area contributed by atoms with Crippen LogP contribution in [0.4, 0.5) is 4.39 Å². The van der Waals surface area contributed by atoms with Gasteiger partial charge in [0.25, 0.3) is 5.91 Å². The van der Waals surface area contributed by atoms with E-state index in [-0.39, 0.29) is 17.8 Å². The molecule has 5 nitrogen and oxygen atoms in total. The molecule has 3 aromatic rings. The zero-order chi connectivity index (χ0) is 20.0. The van der Waals surface area contributed by atoms with Crippen LogP contribution in [0.3, 0.4) is 0 Å². The number of rotatable bonds is 2. The van der Waals surface area contributed by atoms with Gasteiger partial charge in [0.1, 0.15) is 11.5 Å². The number of H-pyrrole nitrogens is 1. The van der Waals surface area contributed by atoms with E-state index in [9.17, 15) is 9.18 Å². The molecule has 1 fully saturated rings. The summed E-state index contributed by atoms with van der Waals surface area (Å²) in [6.07, 6.45) is 1.07. The highest BCUT2D eigenvalue weighted by Crippen LogP contribution is 2.33. The van der Waals surface area contributed by atoms with Crippen LogP contribution in [0.1, 0.15) is 33.2 Å². The van der Waals surface area contributed by atoms with Gasteiger partial charge in [-0.2, -0.15) is 5.10 Å². The van der Waals surface area contributed by atoms with Crippen molar-refractivity contribution in [3.63, 3.8) is 0 Å². The van der Waals surface area contributed by atoms with Gasteiger partial charge in [0.2, 0.25) is 0 Å². The summed E-state index contributed by atoms with van der Waals surface area (Å²) in [7, 11) is 0. The van der Waals surface area contributed by atoms with E-state index in [0.717, 1.165) is 25.1 Å². The van der Waals surface area contributed by atoms with Gasteiger partial charge in [0.05, 0.1) is 11.7 Å². The molecule has 1 atom stereocenters. The van der Waals surface area contributed by atoms with Crippen LogP contribution in [0, 0.1) is 12.7 Å². The van der Waals surface area contributed by atoms with Gasteiger partial charge in [-0.15, -0.1) is 0 Å². The highest BCUT2D eigenvalue weighted by molar-refractivity contribution is 5.93. The van der Waals surface area contributed by atoms with Crippen molar-refractivity contribution in [2.75, 3.05) is 26.2 Å². The number of halogens is 1. The van der Waals surface area contributed by atoms with Crippen molar-refractivity contribution in [2.45, 2.75) is 19.4 Å². The molecule has 1 saturated heterocycles. The molecule has 0 saturated carbocycles. The van der Waals surface area contributed by atoms with Crippen molar-refractivity contribution in [3.05, 3.63) is 76.7 Å². The summed E-state index contributed by atoms with van der Waals surface area (Å²) in [4.78, 5) is 17.5. The Morgan fingerprint density at radius 1 is 1.14 bits per heavy atom.